The monoisotopic (exact) mass is 303 g/mol. The lowest BCUT2D eigenvalue weighted by molar-refractivity contribution is 0.434. The van der Waals surface area contributed by atoms with Crippen molar-refractivity contribution < 1.29 is 0 Å². The Balaban J connectivity index is 1.69. The van der Waals surface area contributed by atoms with Crippen LogP contribution in [0.1, 0.15) is 35.8 Å². The van der Waals surface area contributed by atoms with Crippen molar-refractivity contribution in [2.75, 3.05) is 13.1 Å². The van der Waals surface area contributed by atoms with Crippen LogP contribution in [0.3, 0.4) is 0 Å². The minimum atomic E-state index is 0.540. The summed E-state index contributed by atoms with van der Waals surface area (Å²) in [6, 6.07) is 4.11. The molecule has 112 valence electrons. The van der Waals surface area contributed by atoms with Gasteiger partial charge in [0, 0.05) is 30.6 Å². The Morgan fingerprint density at radius 1 is 1.33 bits per heavy atom. The van der Waals surface area contributed by atoms with Gasteiger partial charge < -0.3 is 9.88 Å². The molecule has 0 saturated carbocycles. The van der Waals surface area contributed by atoms with Crippen molar-refractivity contribution in [3.63, 3.8) is 0 Å². The Labute approximate surface area is 129 Å². The van der Waals surface area contributed by atoms with Crippen molar-refractivity contribution in [1.29, 1.82) is 0 Å². The molecule has 0 atom stereocenters. The molecule has 0 aliphatic carbocycles. The lowest BCUT2D eigenvalue weighted by atomic mass is 9.97. The van der Waals surface area contributed by atoms with Crippen molar-refractivity contribution in [2.24, 2.45) is 7.05 Å². The van der Waals surface area contributed by atoms with Gasteiger partial charge in [0.25, 0.3) is 0 Å². The first-order chi connectivity index (χ1) is 10.3. The van der Waals surface area contributed by atoms with E-state index in [0.717, 1.165) is 48.4 Å². The highest BCUT2D eigenvalue weighted by Crippen LogP contribution is 2.28. The van der Waals surface area contributed by atoms with E-state index in [-0.39, 0.29) is 0 Å². The fourth-order valence-corrected chi connectivity index (χ4v) is 3.68. The van der Waals surface area contributed by atoms with Crippen molar-refractivity contribution in [2.45, 2.75) is 36.6 Å². The molecule has 3 heterocycles. The van der Waals surface area contributed by atoms with Gasteiger partial charge in [0.05, 0.1) is 0 Å². The first-order valence-corrected chi connectivity index (χ1v) is 8.37. The fraction of sp³-hybridized carbons (Fsp3) is 0.533. The SMILES string of the molecule is Cc1ncccc1CSc1nnc(C2CCNCC2)n1C. The Morgan fingerprint density at radius 3 is 2.90 bits per heavy atom. The van der Waals surface area contributed by atoms with Crippen LogP contribution >= 0.6 is 11.8 Å². The zero-order valence-corrected chi connectivity index (χ0v) is 13.4. The van der Waals surface area contributed by atoms with Crippen LogP contribution in [0.4, 0.5) is 0 Å². The molecule has 0 radical (unpaired) electrons. The molecule has 21 heavy (non-hydrogen) atoms. The highest BCUT2D eigenvalue weighted by atomic mass is 32.2. The topological polar surface area (TPSA) is 55.6 Å². The van der Waals surface area contributed by atoms with Crippen LogP contribution in [-0.2, 0) is 12.8 Å². The molecule has 0 aromatic carbocycles. The summed E-state index contributed by atoms with van der Waals surface area (Å²) in [5, 5.41) is 13.2. The minimum absolute atomic E-state index is 0.540. The van der Waals surface area contributed by atoms with E-state index in [1.165, 1.54) is 5.56 Å². The summed E-state index contributed by atoms with van der Waals surface area (Å²) >= 11 is 1.73. The maximum absolute atomic E-state index is 4.42. The molecule has 0 spiro atoms. The molecule has 6 heteroatoms. The molecule has 0 bridgehead atoms. The van der Waals surface area contributed by atoms with Gasteiger partial charge >= 0.3 is 0 Å². The van der Waals surface area contributed by atoms with Crippen molar-refractivity contribution >= 4 is 11.8 Å². The largest absolute Gasteiger partial charge is 0.317 e. The third-order valence-corrected chi connectivity index (χ3v) is 5.12. The van der Waals surface area contributed by atoms with E-state index in [0.29, 0.717) is 5.92 Å². The maximum Gasteiger partial charge on any atom is 0.191 e. The number of rotatable bonds is 4. The van der Waals surface area contributed by atoms with Crippen molar-refractivity contribution in [1.82, 2.24) is 25.1 Å². The number of aryl methyl sites for hydroxylation is 1. The van der Waals surface area contributed by atoms with Crippen LogP contribution < -0.4 is 5.32 Å². The third kappa shape index (κ3) is 3.27. The van der Waals surface area contributed by atoms with Gasteiger partial charge in [-0.15, -0.1) is 10.2 Å². The molecular weight excluding hydrogens is 282 g/mol. The second kappa shape index (κ2) is 6.58. The van der Waals surface area contributed by atoms with Gasteiger partial charge in [-0.3, -0.25) is 4.98 Å². The normalized spacial score (nSPS) is 16.3. The summed E-state index contributed by atoms with van der Waals surface area (Å²) in [7, 11) is 2.08. The Bertz CT molecular complexity index is 604. The second-order valence-corrected chi connectivity index (χ2v) is 6.40. The number of pyridine rings is 1. The van der Waals surface area contributed by atoms with Crippen molar-refractivity contribution in [3.05, 3.63) is 35.4 Å². The second-order valence-electron chi connectivity index (χ2n) is 5.46. The van der Waals surface area contributed by atoms with E-state index in [1.54, 1.807) is 11.8 Å². The molecule has 1 saturated heterocycles. The lowest BCUT2D eigenvalue weighted by Gasteiger charge is -2.21. The predicted molar refractivity (Wildman–Crippen MR) is 84.4 cm³/mol. The third-order valence-electron chi connectivity index (χ3n) is 4.05. The summed E-state index contributed by atoms with van der Waals surface area (Å²) in [5.74, 6) is 2.55. The average Bonchev–Trinajstić information content (AvgIpc) is 2.88. The molecule has 1 aliphatic rings. The Morgan fingerprint density at radius 2 is 2.14 bits per heavy atom. The quantitative estimate of drug-likeness (QED) is 0.878. The van der Waals surface area contributed by atoms with Crippen LogP contribution in [0.15, 0.2) is 23.5 Å². The summed E-state index contributed by atoms with van der Waals surface area (Å²) in [6.07, 6.45) is 4.14. The molecule has 3 rings (SSSR count). The molecule has 5 nitrogen and oxygen atoms in total. The van der Waals surface area contributed by atoms with Gasteiger partial charge in [-0.25, -0.2) is 0 Å². The fourth-order valence-electron chi connectivity index (χ4n) is 2.70. The molecule has 2 aromatic heterocycles. The molecular formula is C15H21N5S. The first-order valence-electron chi connectivity index (χ1n) is 7.39. The summed E-state index contributed by atoms with van der Waals surface area (Å²) in [4.78, 5) is 4.33. The average molecular weight is 303 g/mol. The van der Waals surface area contributed by atoms with Crippen LogP contribution in [-0.4, -0.2) is 32.8 Å². The van der Waals surface area contributed by atoms with Crippen LogP contribution in [0.2, 0.25) is 0 Å². The Hall–Kier alpha value is -1.40. The number of piperidine rings is 1. The molecule has 2 aromatic rings. The van der Waals surface area contributed by atoms with Gasteiger partial charge in [-0.05, 0) is 44.5 Å². The smallest absolute Gasteiger partial charge is 0.191 e. The molecule has 1 aliphatic heterocycles. The molecule has 1 fully saturated rings. The number of thioether (sulfide) groups is 1. The summed E-state index contributed by atoms with van der Waals surface area (Å²) < 4.78 is 2.16. The highest BCUT2D eigenvalue weighted by molar-refractivity contribution is 7.98. The van der Waals surface area contributed by atoms with Gasteiger partial charge in [-0.1, -0.05) is 17.8 Å². The Kier molecular flexibility index (Phi) is 4.55. The zero-order valence-electron chi connectivity index (χ0n) is 12.5. The summed E-state index contributed by atoms with van der Waals surface area (Å²) in [5.41, 5.74) is 2.35. The van der Waals surface area contributed by atoms with Gasteiger partial charge in [0.2, 0.25) is 0 Å². The predicted octanol–water partition coefficient (Wildman–Crippen LogP) is 2.28. The van der Waals surface area contributed by atoms with E-state index >= 15 is 0 Å². The van der Waals surface area contributed by atoms with E-state index < -0.39 is 0 Å². The van der Waals surface area contributed by atoms with Gasteiger partial charge in [0.1, 0.15) is 5.82 Å². The van der Waals surface area contributed by atoms with E-state index in [9.17, 15) is 0 Å². The lowest BCUT2D eigenvalue weighted by Crippen LogP contribution is -2.27. The number of nitrogens with zero attached hydrogens (tertiary/aromatic N) is 4. The number of hydrogen-bond acceptors (Lipinski definition) is 5. The maximum atomic E-state index is 4.42. The van der Waals surface area contributed by atoms with Crippen LogP contribution in [0.25, 0.3) is 0 Å². The highest BCUT2D eigenvalue weighted by Gasteiger charge is 2.21. The zero-order chi connectivity index (χ0) is 14.7. The standard InChI is InChI=1S/C15H21N5S/c1-11-13(4-3-7-17-11)10-21-15-19-18-14(20(15)2)12-5-8-16-9-6-12/h3-4,7,12,16H,5-6,8-10H2,1-2H3. The van der Waals surface area contributed by atoms with E-state index in [2.05, 4.69) is 38.2 Å². The van der Waals surface area contributed by atoms with Gasteiger partial charge in [-0.2, -0.15) is 0 Å². The molecule has 0 amide bonds. The number of hydrogen-bond donors (Lipinski definition) is 1. The molecule has 1 N–H and O–H groups in total. The molecule has 0 unspecified atom stereocenters. The minimum Gasteiger partial charge on any atom is -0.317 e. The number of aromatic nitrogens is 4. The summed E-state index contributed by atoms with van der Waals surface area (Å²) in [6.45, 7) is 4.21. The number of nitrogens with one attached hydrogen (secondary N) is 1. The van der Waals surface area contributed by atoms with Crippen LogP contribution in [0.5, 0.6) is 0 Å². The van der Waals surface area contributed by atoms with Crippen molar-refractivity contribution in [3.8, 4) is 0 Å². The van der Waals surface area contributed by atoms with Crippen LogP contribution in [0, 0.1) is 6.92 Å². The first kappa shape index (κ1) is 14.5. The van der Waals surface area contributed by atoms with E-state index in [4.69, 9.17) is 0 Å². The van der Waals surface area contributed by atoms with E-state index in [1.807, 2.05) is 19.2 Å². The van der Waals surface area contributed by atoms with Gasteiger partial charge in [0.15, 0.2) is 5.16 Å².